The van der Waals surface area contributed by atoms with Gasteiger partial charge in [0.25, 0.3) is 0 Å². The van der Waals surface area contributed by atoms with Gasteiger partial charge in [-0.25, -0.2) is 0 Å². The van der Waals surface area contributed by atoms with Crippen LogP contribution in [0, 0.1) is 5.92 Å². The van der Waals surface area contributed by atoms with E-state index in [4.69, 9.17) is 4.74 Å². The van der Waals surface area contributed by atoms with Crippen molar-refractivity contribution in [2.75, 3.05) is 32.8 Å². The minimum absolute atomic E-state index is 0.533. The van der Waals surface area contributed by atoms with Gasteiger partial charge in [-0.2, -0.15) is 0 Å². The monoisotopic (exact) mass is 238 g/mol. The van der Waals surface area contributed by atoms with Crippen LogP contribution in [0.4, 0.5) is 0 Å². The molecule has 3 heteroatoms. The Morgan fingerprint density at radius 3 is 2.82 bits per heavy atom. The van der Waals surface area contributed by atoms with Crippen molar-refractivity contribution in [2.24, 2.45) is 5.92 Å². The molecule has 1 aliphatic carbocycles. The maximum absolute atomic E-state index is 5.74. The average molecular weight is 238 g/mol. The summed E-state index contributed by atoms with van der Waals surface area (Å²) in [6.07, 6.45) is 8.70. The highest BCUT2D eigenvalue weighted by Crippen LogP contribution is 2.22. The average Bonchev–Trinajstić information content (AvgIpc) is 3.05. The van der Waals surface area contributed by atoms with Crippen LogP contribution < -0.4 is 5.32 Å². The maximum Gasteiger partial charge on any atom is 0.0702 e. The molecule has 0 spiro atoms. The Bertz CT molecular complexity index is 236. The summed E-state index contributed by atoms with van der Waals surface area (Å²) >= 11 is 0. The van der Waals surface area contributed by atoms with Gasteiger partial charge in [0.1, 0.15) is 0 Å². The van der Waals surface area contributed by atoms with Gasteiger partial charge in [-0.15, -0.1) is 0 Å². The molecule has 2 atom stereocenters. The Hall–Kier alpha value is -0.120. The summed E-state index contributed by atoms with van der Waals surface area (Å²) in [6, 6.07) is 0.864. The minimum atomic E-state index is 0.533. The van der Waals surface area contributed by atoms with Gasteiger partial charge in [-0.05, 0) is 57.5 Å². The molecule has 3 aliphatic rings. The van der Waals surface area contributed by atoms with E-state index in [1.165, 1.54) is 64.7 Å². The number of hydrogen-bond acceptors (Lipinski definition) is 3. The first-order valence-corrected chi connectivity index (χ1v) is 7.47. The Morgan fingerprint density at radius 1 is 1.12 bits per heavy atom. The summed E-state index contributed by atoms with van der Waals surface area (Å²) in [6.45, 7) is 6.00. The number of ether oxygens (including phenoxy) is 1. The molecular weight excluding hydrogens is 212 g/mol. The number of nitrogens with zero attached hydrogens (tertiary/aromatic N) is 1. The van der Waals surface area contributed by atoms with E-state index in [2.05, 4.69) is 10.2 Å². The maximum atomic E-state index is 5.74. The van der Waals surface area contributed by atoms with Crippen molar-refractivity contribution in [1.82, 2.24) is 10.2 Å². The lowest BCUT2D eigenvalue weighted by Crippen LogP contribution is -2.43. The Balaban J connectivity index is 1.38. The fourth-order valence-corrected chi connectivity index (χ4v) is 3.18. The Labute approximate surface area is 105 Å². The molecular formula is C14H26N2O. The molecule has 0 aromatic carbocycles. The molecule has 98 valence electrons. The van der Waals surface area contributed by atoms with Gasteiger partial charge >= 0.3 is 0 Å². The zero-order valence-corrected chi connectivity index (χ0v) is 10.9. The summed E-state index contributed by atoms with van der Waals surface area (Å²) in [4.78, 5) is 2.64. The second kappa shape index (κ2) is 5.68. The van der Waals surface area contributed by atoms with Crippen LogP contribution in [0.2, 0.25) is 0 Å². The van der Waals surface area contributed by atoms with Crippen molar-refractivity contribution in [3.05, 3.63) is 0 Å². The molecule has 0 aromatic rings. The van der Waals surface area contributed by atoms with E-state index in [0.29, 0.717) is 6.10 Å². The number of hydrogen-bond donors (Lipinski definition) is 1. The lowest BCUT2D eigenvalue weighted by atomic mass is 9.97. The predicted octanol–water partition coefficient (Wildman–Crippen LogP) is 1.63. The quantitative estimate of drug-likeness (QED) is 0.788. The van der Waals surface area contributed by atoms with Crippen LogP contribution in [0.15, 0.2) is 0 Å². The fourth-order valence-electron chi connectivity index (χ4n) is 3.18. The zero-order valence-electron chi connectivity index (χ0n) is 10.9. The Morgan fingerprint density at radius 2 is 2.06 bits per heavy atom. The molecule has 17 heavy (non-hydrogen) atoms. The van der Waals surface area contributed by atoms with Gasteiger partial charge in [0.15, 0.2) is 0 Å². The third kappa shape index (κ3) is 3.67. The van der Waals surface area contributed by atoms with E-state index < -0.39 is 0 Å². The van der Waals surface area contributed by atoms with E-state index >= 15 is 0 Å². The van der Waals surface area contributed by atoms with Crippen LogP contribution in [0.1, 0.15) is 38.5 Å². The number of nitrogens with one attached hydrogen (secondary N) is 1. The SMILES string of the molecule is C1COC(CN2CCCC(CNC3CC3)C2)C1. The lowest BCUT2D eigenvalue weighted by molar-refractivity contribution is 0.0566. The van der Waals surface area contributed by atoms with Crippen LogP contribution in [-0.4, -0.2) is 49.8 Å². The molecule has 0 bridgehead atoms. The molecule has 1 saturated carbocycles. The van der Waals surface area contributed by atoms with E-state index in [0.717, 1.165) is 18.6 Å². The first-order chi connectivity index (χ1) is 8.40. The van der Waals surface area contributed by atoms with Gasteiger partial charge in [0.05, 0.1) is 6.10 Å². The summed E-state index contributed by atoms with van der Waals surface area (Å²) < 4.78 is 5.74. The van der Waals surface area contributed by atoms with Crippen LogP contribution in [0.25, 0.3) is 0 Å². The molecule has 3 rings (SSSR count). The predicted molar refractivity (Wildman–Crippen MR) is 69.2 cm³/mol. The number of likely N-dealkylation sites (tertiary alicyclic amines) is 1. The second-order valence-electron chi connectivity index (χ2n) is 6.09. The van der Waals surface area contributed by atoms with Gasteiger partial charge < -0.3 is 15.0 Å². The van der Waals surface area contributed by atoms with Gasteiger partial charge in [-0.1, -0.05) is 0 Å². The zero-order chi connectivity index (χ0) is 11.5. The van der Waals surface area contributed by atoms with Gasteiger partial charge in [0.2, 0.25) is 0 Å². The molecule has 2 unspecified atom stereocenters. The molecule has 0 amide bonds. The highest BCUT2D eigenvalue weighted by Gasteiger charge is 2.26. The first-order valence-electron chi connectivity index (χ1n) is 7.47. The standard InChI is InChI=1S/C14H26N2O/c1-3-12(9-15-13-5-6-13)10-16(7-1)11-14-4-2-8-17-14/h12-15H,1-11H2. The highest BCUT2D eigenvalue weighted by atomic mass is 16.5. The Kier molecular flexibility index (Phi) is 3.99. The molecule has 0 aromatic heterocycles. The van der Waals surface area contributed by atoms with Gasteiger partial charge in [-0.3, -0.25) is 0 Å². The van der Waals surface area contributed by atoms with E-state index in [9.17, 15) is 0 Å². The van der Waals surface area contributed by atoms with Crippen molar-refractivity contribution >= 4 is 0 Å². The van der Waals surface area contributed by atoms with Crippen molar-refractivity contribution in [3.63, 3.8) is 0 Å². The van der Waals surface area contributed by atoms with E-state index in [-0.39, 0.29) is 0 Å². The molecule has 1 N–H and O–H groups in total. The summed E-state index contributed by atoms with van der Waals surface area (Å²) in [5.41, 5.74) is 0. The highest BCUT2D eigenvalue weighted by molar-refractivity contribution is 4.84. The molecule has 0 radical (unpaired) electrons. The number of rotatable bonds is 5. The smallest absolute Gasteiger partial charge is 0.0702 e. The van der Waals surface area contributed by atoms with Crippen molar-refractivity contribution in [1.29, 1.82) is 0 Å². The third-order valence-electron chi connectivity index (χ3n) is 4.36. The van der Waals surface area contributed by atoms with Crippen molar-refractivity contribution in [3.8, 4) is 0 Å². The van der Waals surface area contributed by atoms with E-state index in [1.807, 2.05) is 0 Å². The van der Waals surface area contributed by atoms with Gasteiger partial charge in [0, 0.05) is 25.7 Å². The third-order valence-corrected chi connectivity index (χ3v) is 4.36. The number of piperidine rings is 1. The molecule has 2 saturated heterocycles. The van der Waals surface area contributed by atoms with Crippen LogP contribution in [0.3, 0.4) is 0 Å². The summed E-state index contributed by atoms with van der Waals surface area (Å²) in [7, 11) is 0. The normalized spacial score (nSPS) is 35.3. The summed E-state index contributed by atoms with van der Waals surface area (Å²) in [5.74, 6) is 0.880. The largest absolute Gasteiger partial charge is 0.377 e. The second-order valence-corrected chi connectivity index (χ2v) is 6.09. The molecule has 2 aliphatic heterocycles. The van der Waals surface area contributed by atoms with Crippen LogP contribution >= 0.6 is 0 Å². The fraction of sp³-hybridized carbons (Fsp3) is 1.00. The molecule has 3 nitrogen and oxygen atoms in total. The lowest BCUT2D eigenvalue weighted by Gasteiger charge is -2.34. The van der Waals surface area contributed by atoms with Crippen LogP contribution in [0.5, 0.6) is 0 Å². The first kappa shape index (κ1) is 11.9. The van der Waals surface area contributed by atoms with Crippen LogP contribution in [-0.2, 0) is 4.74 Å². The topological polar surface area (TPSA) is 24.5 Å². The van der Waals surface area contributed by atoms with E-state index in [1.54, 1.807) is 0 Å². The molecule has 2 heterocycles. The summed E-state index contributed by atoms with van der Waals surface area (Å²) in [5, 5.41) is 3.68. The van der Waals surface area contributed by atoms with Crippen molar-refractivity contribution in [2.45, 2.75) is 50.7 Å². The minimum Gasteiger partial charge on any atom is -0.377 e. The molecule has 3 fully saturated rings. The van der Waals surface area contributed by atoms with Crippen molar-refractivity contribution < 1.29 is 4.74 Å².